The molecule has 162 valence electrons. The van der Waals surface area contributed by atoms with Crippen LogP contribution in [0.2, 0.25) is 0 Å². The second-order valence-electron chi connectivity index (χ2n) is 7.76. The maximum atomic E-state index is 12.6. The number of hydrogen-bond donors (Lipinski definition) is 2. The Labute approximate surface area is 181 Å². The molecular formula is C23H26N4O4. The van der Waals surface area contributed by atoms with Gasteiger partial charge in [0, 0.05) is 50.0 Å². The van der Waals surface area contributed by atoms with Gasteiger partial charge in [0.2, 0.25) is 17.7 Å². The van der Waals surface area contributed by atoms with Crippen LogP contribution in [0.3, 0.4) is 0 Å². The molecule has 0 saturated carbocycles. The van der Waals surface area contributed by atoms with Crippen LogP contribution in [-0.2, 0) is 20.9 Å². The lowest BCUT2D eigenvalue weighted by atomic mass is 10.1. The normalized spacial score (nSPS) is 18.7. The maximum Gasteiger partial charge on any atom is 0.239 e. The minimum atomic E-state index is -0.384. The van der Waals surface area contributed by atoms with Crippen LogP contribution in [0.5, 0.6) is 5.75 Å². The molecular weight excluding hydrogens is 396 g/mol. The third-order valence-corrected chi connectivity index (χ3v) is 5.67. The number of hydrogen-bond acceptors (Lipinski definition) is 5. The van der Waals surface area contributed by atoms with Gasteiger partial charge in [-0.15, -0.1) is 0 Å². The first-order valence-corrected chi connectivity index (χ1v) is 10.4. The molecule has 0 aromatic heterocycles. The van der Waals surface area contributed by atoms with Crippen LogP contribution in [-0.4, -0.2) is 51.0 Å². The fraction of sp³-hybridized carbons (Fsp3) is 0.348. The summed E-state index contributed by atoms with van der Waals surface area (Å²) in [4.78, 5) is 40.3. The molecule has 0 bridgehead atoms. The van der Waals surface area contributed by atoms with E-state index in [9.17, 15) is 14.4 Å². The molecule has 31 heavy (non-hydrogen) atoms. The monoisotopic (exact) mass is 422 g/mol. The Balaban J connectivity index is 1.31. The van der Waals surface area contributed by atoms with Gasteiger partial charge in [0.25, 0.3) is 0 Å². The average molecular weight is 422 g/mol. The van der Waals surface area contributed by atoms with E-state index in [0.717, 1.165) is 23.5 Å². The minimum absolute atomic E-state index is 0.0247. The molecule has 0 spiro atoms. The van der Waals surface area contributed by atoms with E-state index < -0.39 is 0 Å². The number of anilines is 2. The average Bonchev–Trinajstić information content (AvgIpc) is 3.19. The van der Waals surface area contributed by atoms with Crippen LogP contribution >= 0.6 is 0 Å². The molecule has 0 radical (unpaired) electrons. The molecule has 0 aliphatic carbocycles. The highest BCUT2D eigenvalue weighted by atomic mass is 16.5. The quantitative estimate of drug-likeness (QED) is 0.732. The van der Waals surface area contributed by atoms with Crippen molar-refractivity contribution in [1.82, 2.24) is 10.6 Å². The van der Waals surface area contributed by atoms with E-state index in [1.165, 1.54) is 0 Å². The highest BCUT2D eigenvalue weighted by Crippen LogP contribution is 2.28. The topological polar surface area (TPSA) is 91.0 Å². The first-order chi connectivity index (χ1) is 15.0. The number of methoxy groups -OCH3 is 1. The lowest BCUT2D eigenvalue weighted by molar-refractivity contribution is -0.126. The number of nitrogens with zero attached hydrogens (tertiary/aromatic N) is 2. The standard InChI is InChI=1S/C23H26N4O4/c1-31-20-4-2-3-19(12-20)27-14-17(11-22(27)29)23(30)25-13-16-5-7-18(8-6-16)26-10-9-24-21(28)15-26/h2-8,12,17H,9-11,13-15H2,1H3,(H,24,28)(H,25,30). The van der Waals surface area contributed by atoms with Crippen molar-refractivity contribution in [2.45, 2.75) is 13.0 Å². The SMILES string of the molecule is COc1cccc(N2CC(C(=O)NCc3ccc(N4CCNC(=O)C4)cc3)CC2=O)c1. The number of carbonyl (C=O) groups excluding carboxylic acids is 3. The fourth-order valence-electron chi connectivity index (χ4n) is 3.93. The van der Waals surface area contributed by atoms with Gasteiger partial charge in [-0.1, -0.05) is 18.2 Å². The highest BCUT2D eigenvalue weighted by molar-refractivity contribution is 6.00. The number of nitrogens with one attached hydrogen (secondary N) is 2. The highest BCUT2D eigenvalue weighted by Gasteiger charge is 2.35. The van der Waals surface area contributed by atoms with E-state index in [0.29, 0.717) is 31.9 Å². The van der Waals surface area contributed by atoms with Gasteiger partial charge in [-0.05, 0) is 29.8 Å². The Morgan fingerprint density at radius 2 is 1.97 bits per heavy atom. The van der Waals surface area contributed by atoms with E-state index in [1.54, 1.807) is 18.1 Å². The summed E-state index contributed by atoms with van der Waals surface area (Å²) < 4.78 is 5.22. The molecule has 4 rings (SSSR count). The molecule has 2 saturated heterocycles. The van der Waals surface area contributed by atoms with Gasteiger partial charge in [0.05, 0.1) is 19.6 Å². The zero-order valence-corrected chi connectivity index (χ0v) is 17.5. The van der Waals surface area contributed by atoms with E-state index in [1.807, 2.05) is 47.4 Å². The van der Waals surface area contributed by atoms with Crippen LogP contribution in [0, 0.1) is 5.92 Å². The van der Waals surface area contributed by atoms with Gasteiger partial charge < -0.3 is 25.2 Å². The van der Waals surface area contributed by atoms with Crippen molar-refractivity contribution in [3.05, 3.63) is 54.1 Å². The summed E-state index contributed by atoms with van der Waals surface area (Å²) in [6.45, 7) is 2.53. The van der Waals surface area contributed by atoms with Crippen LogP contribution in [0.25, 0.3) is 0 Å². The molecule has 1 unspecified atom stereocenters. The molecule has 1 atom stereocenters. The van der Waals surface area contributed by atoms with Gasteiger partial charge in [-0.3, -0.25) is 14.4 Å². The second-order valence-corrected chi connectivity index (χ2v) is 7.76. The Hall–Kier alpha value is -3.55. The van der Waals surface area contributed by atoms with E-state index in [-0.39, 0.29) is 30.1 Å². The molecule has 2 aliphatic rings. The lowest BCUT2D eigenvalue weighted by Crippen LogP contribution is -2.47. The maximum absolute atomic E-state index is 12.6. The van der Waals surface area contributed by atoms with Gasteiger partial charge in [0.1, 0.15) is 5.75 Å². The summed E-state index contributed by atoms with van der Waals surface area (Å²) in [7, 11) is 1.58. The van der Waals surface area contributed by atoms with Gasteiger partial charge in [0.15, 0.2) is 0 Å². The lowest BCUT2D eigenvalue weighted by Gasteiger charge is -2.28. The summed E-state index contributed by atoms with van der Waals surface area (Å²) in [6, 6.07) is 15.1. The van der Waals surface area contributed by atoms with Crippen LogP contribution < -0.4 is 25.2 Å². The number of benzene rings is 2. The molecule has 2 fully saturated rings. The largest absolute Gasteiger partial charge is 0.497 e. The summed E-state index contributed by atoms with van der Waals surface area (Å²) in [6.07, 6.45) is 0.193. The van der Waals surface area contributed by atoms with E-state index in [4.69, 9.17) is 4.74 Å². The minimum Gasteiger partial charge on any atom is -0.497 e. The number of rotatable bonds is 6. The molecule has 8 heteroatoms. The van der Waals surface area contributed by atoms with Gasteiger partial charge in [-0.2, -0.15) is 0 Å². The smallest absolute Gasteiger partial charge is 0.239 e. The molecule has 2 aliphatic heterocycles. The van der Waals surface area contributed by atoms with Crippen LogP contribution in [0.4, 0.5) is 11.4 Å². The van der Waals surface area contributed by atoms with Crippen molar-refractivity contribution < 1.29 is 19.1 Å². The van der Waals surface area contributed by atoms with Gasteiger partial charge >= 0.3 is 0 Å². The van der Waals surface area contributed by atoms with E-state index >= 15 is 0 Å². The van der Waals surface area contributed by atoms with Gasteiger partial charge in [-0.25, -0.2) is 0 Å². The molecule has 8 nitrogen and oxygen atoms in total. The number of carbonyl (C=O) groups is 3. The van der Waals surface area contributed by atoms with Crippen molar-refractivity contribution in [3.63, 3.8) is 0 Å². The van der Waals surface area contributed by atoms with E-state index in [2.05, 4.69) is 10.6 Å². The molecule has 2 N–H and O–H groups in total. The Bertz CT molecular complexity index is 976. The van der Waals surface area contributed by atoms with Crippen molar-refractivity contribution >= 4 is 29.1 Å². The summed E-state index contributed by atoms with van der Waals surface area (Å²) in [5.74, 6) is 0.118. The molecule has 3 amide bonds. The summed E-state index contributed by atoms with van der Waals surface area (Å²) in [5, 5.41) is 5.75. The Kier molecular flexibility index (Phi) is 6.06. The van der Waals surface area contributed by atoms with Crippen molar-refractivity contribution in [2.75, 3.05) is 43.1 Å². The molecule has 2 aromatic rings. The summed E-state index contributed by atoms with van der Waals surface area (Å²) >= 11 is 0. The predicted molar refractivity (Wildman–Crippen MR) is 117 cm³/mol. The van der Waals surface area contributed by atoms with Crippen LogP contribution in [0.15, 0.2) is 48.5 Å². The van der Waals surface area contributed by atoms with Crippen LogP contribution in [0.1, 0.15) is 12.0 Å². The number of amides is 3. The first kappa shape index (κ1) is 20.7. The number of piperazine rings is 1. The molecule has 2 heterocycles. The summed E-state index contributed by atoms with van der Waals surface area (Å²) in [5.41, 5.74) is 2.69. The fourth-order valence-corrected chi connectivity index (χ4v) is 3.93. The zero-order valence-electron chi connectivity index (χ0n) is 17.5. The molecule has 2 aromatic carbocycles. The van der Waals surface area contributed by atoms with Crippen molar-refractivity contribution in [3.8, 4) is 5.75 Å². The first-order valence-electron chi connectivity index (χ1n) is 10.4. The number of ether oxygens (including phenoxy) is 1. The predicted octanol–water partition coefficient (Wildman–Crippen LogP) is 1.30. The second kappa shape index (κ2) is 9.07. The van der Waals surface area contributed by atoms with Crippen molar-refractivity contribution in [2.24, 2.45) is 5.92 Å². The third kappa shape index (κ3) is 4.79. The Morgan fingerprint density at radius 3 is 2.71 bits per heavy atom. The Morgan fingerprint density at radius 1 is 1.16 bits per heavy atom. The zero-order chi connectivity index (χ0) is 21.8. The third-order valence-electron chi connectivity index (χ3n) is 5.67. The van der Waals surface area contributed by atoms with Crippen molar-refractivity contribution in [1.29, 1.82) is 0 Å².